The van der Waals surface area contributed by atoms with Crippen LogP contribution >= 0.6 is 15.9 Å². The van der Waals surface area contributed by atoms with E-state index >= 15 is 0 Å². The molecule has 1 aromatic rings. The number of halogens is 4. The van der Waals surface area contributed by atoms with Crippen molar-refractivity contribution in [3.8, 4) is 5.75 Å². The third kappa shape index (κ3) is 3.06. The summed E-state index contributed by atoms with van der Waals surface area (Å²) in [4.78, 5) is 12.8. The highest BCUT2D eigenvalue weighted by Crippen LogP contribution is 2.25. The van der Waals surface area contributed by atoms with Crippen molar-refractivity contribution in [2.24, 2.45) is 0 Å². The average Bonchev–Trinajstić information content (AvgIpc) is 2.06. The average molecular weight is 272 g/mol. The maximum absolute atomic E-state index is 11.8. The van der Waals surface area contributed by atoms with E-state index in [-0.39, 0.29) is 10.9 Å². The van der Waals surface area contributed by atoms with Gasteiger partial charge in [-0.3, -0.25) is 4.79 Å². The van der Waals surface area contributed by atoms with Crippen molar-refractivity contribution in [1.82, 2.24) is 4.98 Å². The number of hydrogen-bond acceptors (Lipinski definition) is 2. The molecule has 0 amide bonds. The second-order valence-corrected chi connectivity index (χ2v) is 2.93. The molecule has 0 fully saturated rings. The van der Waals surface area contributed by atoms with Crippen LogP contribution in [0.1, 0.15) is 5.56 Å². The second-order valence-electron chi connectivity index (χ2n) is 2.37. The smallest absolute Gasteiger partial charge is 0.404 e. The summed E-state index contributed by atoms with van der Waals surface area (Å²) < 4.78 is 39.2. The lowest BCUT2D eigenvalue weighted by molar-refractivity contribution is -0.275. The van der Waals surface area contributed by atoms with E-state index in [2.05, 4.69) is 25.7 Å². The summed E-state index contributed by atoms with van der Waals surface area (Å²) in [6, 6.07) is 1.04. The van der Waals surface area contributed by atoms with Crippen LogP contribution in [-0.2, 0) is 5.33 Å². The summed E-state index contributed by atoms with van der Waals surface area (Å²) in [7, 11) is 0. The molecule has 3 nitrogen and oxygen atoms in total. The fourth-order valence-electron chi connectivity index (χ4n) is 0.825. The van der Waals surface area contributed by atoms with E-state index in [1.807, 2.05) is 0 Å². The van der Waals surface area contributed by atoms with E-state index in [1.54, 1.807) is 0 Å². The third-order valence-electron chi connectivity index (χ3n) is 1.34. The van der Waals surface area contributed by atoms with Crippen LogP contribution < -0.4 is 10.3 Å². The van der Waals surface area contributed by atoms with Crippen molar-refractivity contribution < 1.29 is 17.9 Å². The number of hydrogen-bond donors (Lipinski definition) is 1. The molecule has 0 aliphatic heterocycles. The van der Waals surface area contributed by atoms with Gasteiger partial charge in [0.15, 0.2) is 0 Å². The largest absolute Gasteiger partial charge is 0.573 e. The molecule has 0 bridgehead atoms. The van der Waals surface area contributed by atoms with Crippen molar-refractivity contribution in [3.63, 3.8) is 0 Å². The molecule has 0 unspecified atom stereocenters. The number of H-pyrrole nitrogens is 1. The maximum Gasteiger partial charge on any atom is 0.573 e. The lowest BCUT2D eigenvalue weighted by Crippen LogP contribution is -2.19. The Balaban J connectivity index is 3.03. The zero-order valence-corrected chi connectivity index (χ0v) is 8.28. The fraction of sp³-hybridized carbons (Fsp3) is 0.286. The Morgan fingerprint density at radius 1 is 1.50 bits per heavy atom. The van der Waals surface area contributed by atoms with Gasteiger partial charge in [-0.2, -0.15) is 0 Å². The Morgan fingerprint density at radius 3 is 2.64 bits per heavy atom. The van der Waals surface area contributed by atoms with Gasteiger partial charge in [0.2, 0.25) is 5.56 Å². The van der Waals surface area contributed by atoms with Crippen molar-refractivity contribution in [2.75, 3.05) is 0 Å². The van der Waals surface area contributed by atoms with Crippen LogP contribution in [0, 0.1) is 0 Å². The highest BCUT2D eigenvalue weighted by molar-refractivity contribution is 9.08. The van der Waals surface area contributed by atoms with Gasteiger partial charge in [-0.05, 0) is 0 Å². The molecular weight excluding hydrogens is 267 g/mol. The summed E-state index contributed by atoms with van der Waals surface area (Å²) in [6.07, 6.45) is -3.87. The molecular formula is C7H5BrF3NO2. The predicted molar refractivity (Wildman–Crippen MR) is 46.4 cm³/mol. The minimum absolute atomic E-state index is 0.113. The van der Waals surface area contributed by atoms with Gasteiger partial charge in [-0.25, -0.2) is 0 Å². The highest BCUT2D eigenvalue weighted by Gasteiger charge is 2.32. The van der Waals surface area contributed by atoms with Gasteiger partial charge in [0.05, 0.1) is 0 Å². The van der Waals surface area contributed by atoms with E-state index in [0.29, 0.717) is 0 Å². The van der Waals surface area contributed by atoms with Crippen molar-refractivity contribution >= 4 is 15.9 Å². The molecule has 0 aromatic carbocycles. The minimum Gasteiger partial charge on any atom is -0.404 e. The molecule has 0 saturated carbocycles. The second kappa shape index (κ2) is 4.04. The SMILES string of the molecule is O=c1cc(CBr)c(OC(F)(F)F)c[nH]1. The van der Waals surface area contributed by atoms with Crippen molar-refractivity contribution in [3.05, 3.63) is 28.2 Å². The standard InChI is InChI=1S/C7H5BrF3NO2/c8-2-4-1-6(13)12-3-5(4)14-7(9,10)11/h1,3H,2H2,(H,12,13). The molecule has 0 aliphatic rings. The Kier molecular flexibility index (Phi) is 3.20. The lowest BCUT2D eigenvalue weighted by Gasteiger charge is -2.10. The molecule has 0 aliphatic carbocycles. The molecule has 0 radical (unpaired) electrons. The summed E-state index contributed by atoms with van der Waals surface area (Å²) in [5.74, 6) is -0.408. The molecule has 0 atom stereocenters. The Morgan fingerprint density at radius 2 is 2.14 bits per heavy atom. The van der Waals surface area contributed by atoms with Crippen molar-refractivity contribution in [1.29, 1.82) is 0 Å². The summed E-state index contributed by atoms with van der Waals surface area (Å²) in [6.45, 7) is 0. The first-order valence-electron chi connectivity index (χ1n) is 3.45. The number of pyridine rings is 1. The van der Waals surface area contributed by atoms with Gasteiger partial charge in [-0.15, -0.1) is 13.2 Å². The number of rotatable bonds is 2. The Hall–Kier alpha value is -0.980. The Bertz CT molecular complexity index is 374. The zero-order valence-electron chi connectivity index (χ0n) is 6.69. The third-order valence-corrected chi connectivity index (χ3v) is 1.94. The number of ether oxygens (including phenoxy) is 1. The number of alkyl halides is 4. The first-order valence-corrected chi connectivity index (χ1v) is 4.58. The molecule has 14 heavy (non-hydrogen) atoms. The van der Waals surface area contributed by atoms with E-state index in [1.165, 1.54) is 0 Å². The van der Waals surface area contributed by atoms with Gasteiger partial charge in [0, 0.05) is 23.2 Å². The molecule has 7 heteroatoms. The maximum atomic E-state index is 11.8. The van der Waals surface area contributed by atoms with Crippen LogP contribution in [0.3, 0.4) is 0 Å². The first-order chi connectivity index (χ1) is 6.42. The number of aromatic amines is 1. The lowest BCUT2D eigenvalue weighted by atomic mass is 10.3. The summed E-state index contributed by atoms with van der Waals surface area (Å²) >= 11 is 2.95. The van der Waals surface area contributed by atoms with Crippen LogP contribution in [0.4, 0.5) is 13.2 Å². The number of nitrogens with one attached hydrogen (secondary N) is 1. The van der Waals surface area contributed by atoms with Crippen LogP contribution in [0.2, 0.25) is 0 Å². The van der Waals surface area contributed by atoms with Gasteiger partial charge < -0.3 is 9.72 Å². The molecule has 0 spiro atoms. The normalized spacial score (nSPS) is 11.4. The number of aromatic nitrogens is 1. The monoisotopic (exact) mass is 271 g/mol. The molecule has 78 valence electrons. The molecule has 1 rings (SSSR count). The topological polar surface area (TPSA) is 42.1 Å². The highest BCUT2D eigenvalue weighted by atomic mass is 79.9. The van der Waals surface area contributed by atoms with Crippen LogP contribution in [0.15, 0.2) is 17.1 Å². The minimum atomic E-state index is -4.75. The Labute approximate surface area is 85.0 Å². The quantitative estimate of drug-likeness (QED) is 0.838. The van der Waals surface area contributed by atoms with Crippen LogP contribution in [-0.4, -0.2) is 11.3 Å². The van der Waals surface area contributed by atoms with E-state index in [0.717, 1.165) is 12.3 Å². The van der Waals surface area contributed by atoms with Crippen LogP contribution in [0.5, 0.6) is 5.75 Å². The molecule has 1 aromatic heterocycles. The van der Waals surface area contributed by atoms with Gasteiger partial charge in [-0.1, -0.05) is 15.9 Å². The summed E-state index contributed by atoms with van der Waals surface area (Å²) in [5.41, 5.74) is -0.333. The van der Waals surface area contributed by atoms with Crippen molar-refractivity contribution in [2.45, 2.75) is 11.7 Å². The fourth-order valence-corrected chi connectivity index (χ4v) is 1.26. The predicted octanol–water partition coefficient (Wildman–Crippen LogP) is 2.17. The van der Waals surface area contributed by atoms with Gasteiger partial charge in [0.25, 0.3) is 0 Å². The van der Waals surface area contributed by atoms with Crippen LogP contribution in [0.25, 0.3) is 0 Å². The van der Waals surface area contributed by atoms with Gasteiger partial charge >= 0.3 is 6.36 Å². The molecule has 1 N–H and O–H groups in total. The first kappa shape index (κ1) is 11.1. The van der Waals surface area contributed by atoms with E-state index < -0.39 is 17.7 Å². The van der Waals surface area contributed by atoms with E-state index in [9.17, 15) is 18.0 Å². The van der Waals surface area contributed by atoms with Gasteiger partial charge in [0.1, 0.15) is 5.75 Å². The molecule has 1 heterocycles. The summed E-state index contributed by atoms with van der Waals surface area (Å²) in [5, 5.41) is 0.113. The van der Waals surface area contributed by atoms with E-state index in [4.69, 9.17) is 0 Å². The molecule has 0 saturated heterocycles. The zero-order chi connectivity index (χ0) is 10.8.